The van der Waals surface area contributed by atoms with Crippen LogP contribution in [0.4, 0.5) is 4.39 Å². The number of hydrogen-bond acceptors (Lipinski definition) is 5. The molecule has 1 aliphatic carbocycles. The van der Waals surface area contributed by atoms with Crippen molar-refractivity contribution in [3.63, 3.8) is 0 Å². The fraction of sp³-hybridized carbons (Fsp3) is 0.429. The van der Waals surface area contributed by atoms with Gasteiger partial charge in [-0.3, -0.25) is 4.79 Å². The Morgan fingerprint density at radius 2 is 2.07 bits per heavy atom. The summed E-state index contributed by atoms with van der Waals surface area (Å²) in [5, 5.41) is 7.19. The predicted molar refractivity (Wildman–Crippen MR) is 103 cm³/mol. The SMILES string of the molecule is O=C1C[C@H](CN2CCC(c3noc4cc(F)ccc34)CC2)Cc2sccc21. The third kappa shape index (κ3) is 3.21. The van der Waals surface area contributed by atoms with Crippen molar-refractivity contribution in [3.8, 4) is 0 Å². The van der Waals surface area contributed by atoms with E-state index in [2.05, 4.69) is 10.1 Å². The lowest BCUT2D eigenvalue weighted by atomic mass is 9.86. The van der Waals surface area contributed by atoms with Crippen LogP contribution in [0.2, 0.25) is 0 Å². The Labute approximate surface area is 161 Å². The lowest BCUT2D eigenvalue weighted by Gasteiger charge is -2.34. The summed E-state index contributed by atoms with van der Waals surface area (Å²) in [7, 11) is 0. The van der Waals surface area contributed by atoms with Crippen LogP contribution in [0.1, 0.15) is 46.1 Å². The van der Waals surface area contributed by atoms with Gasteiger partial charge in [-0.1, -0.05) is 5.16 Å². The zero-order valence-electron chi connectivity index (χ0n) is 15.0. The van der Waals surface area contributed by atoms with Crippen LogP contribution >= 0.6 is 11.3 Å². The zero-order chi connectivity index (χ0) is 18.4. The molecule has 27 heavy (non-hydrogen) atoms. The number of carbonyl (C=O) groups is 1. The van der Waals surface area contributed by atoms with Crippen LogP contribution in [0.25, 0.3) is 11.0 Å². The van der Waals surface area contributed by atoms with Gasteiger partial charge in [0.15, 0.2) is 11.4 Å². The average Bonchev–Trinajstić information content (AvgIpc) is 3.29. The van der Waals surface area contributed by atoms with Crippen molar-refractivity contribution < 1.29 is 13.7 Å². The molecule has 3 heterocycles. The van der Waals surface area contributed by atoms with E-state index < -0.39 is 0 Å². The lowest BCUT2D eigenvalue weighted by molar-refractivity contribution is 0.0923. The first kappa shape index (κ1) is 17.1. The number of benzene rings is 1. The Balaban J connectivity index is 1.22. The molecule has 0 bridgehead atoms. The molecule has 140 valence electrons. The van der Waals surface area contributed by atoms with Crippen LogP contribution < -0.4 is 0 Å². The maximum atomic E-state index is 13.3. The van der Waals surface area contributed by atoms with Crippen LogP contribution in [0, 0.1) is 11.7 Å². The van der Waals surface area contributed by atoms with Gasteiger partial charge in [0.25, 0.3) is 0 Å². The molecule has 1 atom stereocenters. The van der Waals surface area contributed by atoms with Gasteiger partial charge in [-0.2, -0.15) is 0 Å². The Bertz CT molecular complexity index is 987. The molecule has 3 aromatic rings. The van der Waals surface area contributed by atoms with E-state index in [0.717, 1.165) is 55.5 Å². The number of hydrogen-bond donors (Lipinski definition) is 0. The first-order valence-corrected chi connectivity index (χ1v) is 10.4. The van der Waals surface area contributed by atoms with Gasteiger partial charge in [-0.15, -0.1) is 11.3 Å². The molecule has 2 aromatic heterocycles. The lowest BCUT2D eigenvalue weighted by Crippen LogP contribution is -2.38. The molecule has 0 radical (unpaired) electrons. The van der Waals surface area contributed by atoms with E-state index in [0.29, 0.717) is 29.6 Å². The standard InChI is InChI=1S/C21H21FN2O2S/c22-15-1-2-17-19(11-15)26-23-21(17)14-3-6-24(7-4-14)12-13-9-18(25)16-5-8-27-20(16)10-13/h1-2,5,8,11,13-14H,3-4,6-7,9-10,12H2/t13-/m0/s1. The molecule has 0 saturated carbocycles. The summed E-state index contributed by atoms with van der Waals surface area (Å²) in [4.78, 5) is 16.0. The number of ketones is 1. The van der Waals surface area contributed by atoms with E-state index in [-0.39, 0.29) is 5.82 Å². The van der Waals surface area contributed by atoms with Crippen LogP contribution in [-0.4, -0.2) is 35.5 Å². The highest BCUT2D eigenvalue weighted by molar-refractivity contribution is 7.10. The molecule has 1 aliphatic heterocycles. The number of nitrogens with zero attached hydrogens (tertiary/aromatic N) is 2. The Hall–Kier alpha value is -2.05. The fourth-order valence-corrected chi connectivity index (χ4v) is 5.57. The molecule has 1 saturated heterocycles. The number of halogens is 1. The highest BCUT2D eigenvalue weighted by Crippen LogP contribution is 2.34. The van der Waals surface area contributed by atoms with Crippen LogP contribution in [0.15, 0.2) is 34.2 Å². The molecule has 1 aromatic carbocycles. The second kappa shape index (κ2) is 6.84. The van der Waals surface area contributed by atoms with Gasteiger partial charge >= 0.3 is 0 Å². The minimum absolute atomic E-state index is 0.295. The van der Waals surface area contributed by atoms with Gasteiger partial charge in [0.05, 0.1) is 5.69 Å². The molecule has 1 fully saturated rings. The summed E-state index contributed by atoms with van der Waals surface area (Å²) < 4.78 is 18.7. The minimum Gasteiger partial charge on any atom is -0.356 e. The van der Waals surface area contributed by atoms with E-state index in [9.17, 15) is 9.18 Å². The molecule has 0 amide bonds. The molecular formula is C21H21FN2O2S. The first-order chi connectivity index (χ1) is 13.2. The maximum Gasteiger partial charge on any atom is 0.170 e. The van der Waals surface area contributed by atoms with Gasteiger partial charge < -0.3 is 9.42 Å². The number of likely N-dealkylation sites (tertiary alicyclic amines) is 1. The summed E-state index contributed by atoms with van der Waals surface area (Å²) in [6, 6.07) is 6.62. The summed E-state index contributed by atoms with van der Waals surface area (Å²) in [5.41, 5.74) is 2.44. The number of fused-ring (bicyclic) bond motifs is 2. The van der Waals surface area contributed by atoms with Gasteiger partial charge in [0.1, 0.15) is 5.82 Å². The second-order valence-corrected chi connectivity index (χ2v) is 8.74. The van der Waals surface area contributed by atoms with Crippen LogP contribution in [0.3, 0.4) is 0 Å². The van der Waals surface area contributed by atoms with Crippen molar-refractivity contribution in [2.75, 3.05) is 19.6 Å². The number of rotatable bonds is 3. The van der Waals surface area contributed by atoms with Crippen molar-refractivity contribution in [3.05, 3.63) is 51.6 Å². The van der Waals surface area contributed by atoms with Gasteiger partial charge in [0, 0.05) is 40.8 Å². The first-order valence-electron chi connectivity index (χ1n) is 9.54. The molecule has 6 heteroatoms. The Morgan fingerprint density at radius 1 is 1.22 bits per heavy atom. The quantitative estimate of drug-likeness (QED) is 0.659. The van der Waals surface area contributed by atoms with Crippen molar-refractivity contribution in [1.29, 1.82) is 0 Å². The summed E-state index contributed by atoms with van der Waals surface area (Å²) in [6.45, 7) is 2.99. The van der Waals surface area contributed by atoms with E-state index >= 15 is 0 Å². The van der Waals surface area contributed by atoms with Gasteiger partial charge in [0.2, 0.25) is 0 Å². The molecule has 0 spiro atoms. The highest BCUT2D eigenvalue weighted by Gasteiger charge is 2.30. The fourth-order valence-electron chi connectivity index (χ4n) is 4.56. The zero-order valence-corrected chi connectivity index (χ0v) is 15.8. The third-order valence-corrected chi connectivity index (χ3v) is 6.89. The summed E-state index contributed by atoms with van der Waals surface area (Å²) >= 11 is 1.71. The monoisotopic (exact) mass is 384 g/mol. The van der Waals surface area contributed by atoms with E-state index in [1.165, 1.54) is 17.0 Å². The molecule has 5 rings (SSSR count). The molecule has 0 N–H and O–H groups in total. The van der Waals surface area contributed by atoms with Crippen molar-refractivity contribution in [2.45, 2.75) is 31.6 Å². The number of piperidine rings is 1. The number of Topliss-reactive ketones (excluding diaryl/α,β-unsaturated/α-hetero) is 1. The smallest absolute Gasteiger partial charge is 0.170 e. The number of thiophene rings is 1. The maximum absolute atomic E-state index is 13.3. The normalized spacial score (nSPS) is 21.7. The number of carbonyl (C=O) groups excluding carboxylic acids is 1. The topological polar surface area (TPSA) is 46.3 Å². The Morgan fingerprint density at radius 3 is 2.93 bits per heavy atom. The molecule has 2 aliphatic rings. The van der Waals surface area contributed by atoms with Crippen LogP contribution in [-0.2, 0) is 6.42 Å². The number of aromatic nitrogens is 1. The molecule has 4 nitrogen and oxygen atoms in total. The largest absolute Gasteiger partial charge is 0.356 e. The highest BCUT2D eigenvalue weighted by atomic mass is 32.1. The van der Waals surface area contributed by atoms with E-state index in [1.54, 1.807) is 17.4 Å². The van der Waals surface area contributed by atoms with Crippen molar-refractivity contribution in [2.24, 2.45) is 5.92 Å². The summed E-state index contributed by atoms with van der Waals surface area (Å²) in [5.74, 6) is 0.788. The van der Waals surface area contributed by atoms with Crippen molar-refractivity contribution >= 4 is 28.1 Å². The predicted octanol–water partition coefficient (Wildman–Crippen LogP) is 4.65. The molecular weight excluding hydrogens is 363 g/mol. The van der Waals surface area contributed by atoms with E-state index in [1.807, 2.05) is 11.4 Å². The Kier molecular flexibility index (Phi) is 4.32. The van der Waals surface area contributed by atoms with Crippen molar-refractivity contribution in [1.82, 2.24) is 10.1 Å². The van der Waals surface area contributed by atoms with Gasteiger partial charge in [-0.25, -0.2) is 4.39 Å². The third-order valence-electron chi connectivity index (χ3n) is 5.95. The minimum atomic E-state index is -0.295. The van der Waals surface area contributed by atoms with Crippen LogP contribution in [0.5, 0.6) is 0 Å². The molecule has 0 unspecified atom stereocenters. The van der Waals surface area contributed by atoms with E-state index in [4.69, 9.17) is 4.52 Å². The second-order valence-electron chi connectivity index (χ2n) is 7.74. The van der Waals surface area contributed by atoms with Gasteiger partial charge in [-0.05, 0) is 61.8 Å². The summed E-state index contributed by atoms with van der Waals surface area (Å²) in [6.07, 6.45) is 3.73. The average molecular weight is 384 g/mol.